The Kier molecular flexibility index (Phi) is 6.32. The molecule has 0 spiro atoms. The van der Waals surface area contributed by atoms with Crippen molar-refractivity contribution in [2.45, 2.75) is 32.4 Å². The Morgan fingerprint density at radius 2 is 1.96 bits per heavy atom. The number of hydrogen-bond acceptors (Lipinski definition) is 3. The number of nitrogens with zero attached hydrogens (tertiary/aromatic N) is 1. The fraction of sp³-hybridized carbons (Fsp3) is 0.611. The quantitative estimate of drug-likeness (QED) is 0.844. The molecule has 1 heterocycles. The first kappa shape index (κ1) is 19.6. The van der Waals surface area contributed by atoms with Crippen molar-refractivity contribution < 1.29 is 18.0 Å². The van der Waals surface area contributed by atoms with Crippen LogP contribution in [0, 0.1) is 11.8 Å². The zero-order valence-electron chi connectivity index (χ0n) is 14.9. The molecule has 7 heteroatoms. The van der Waals surface area contributed by atoms with Crippen molar-refractivity contribution in [3.8, 4) is 0 Å². The molecule has 1 amide bonds. The lowest BCUT2D eigenvalue weighted by Gasteiger charge is -2.28. The Morgan fingerprint density at radius 1 is 1.32 bits per heavy atom. The van der Waals surface area contributed by atoms with Crippen molar-refractivity contribution in [2.24, 2.45) is 11.8 Å². The predicted octanol–water partition coefficient (Wildman–Crippen LogP) is 3.74. The van der Waals surface area contributed by atoms with Crippen molar-refractivity contribution in [2.75, 3.05) is 37.4 Å². The van der Waals surface area contributed by atoms with Crippen LogP contribution in [-0.4, -0.2) is 33.1 Å². The van der Waals surface area contributed by atoms with Crippen LogP contribution < -0.4 is 15.5 Å². The topological polar surface area (TPSA) is 44.4 Å². The summed E-state index contributed by atoms with van der Waals surface area (Å²) in [4.78, 5) is 14.1. The highest BCUT2D eigenvalue weighted by Gasteiger charge is 2.31. The monoisotopic (exact) mass is 357 g/mol. The molecular formula is C18H26F3N3O. The molecule has 1 aliphatic heterocycles. The highest BCUT2D eigenvalue weighted by molar-refractivity contribution is 5.94. The average Bonchev–Trinajstić information content (AvgIpc) is 2.54. The van der Waals surface area contributed by atoms with Gasteiger partial charge in [-0.15, -0.1) is 0 Å². The predicted molar refractivity (Wildman–Crippen MR) is 93.8 cm³/mol. The average molecular weight is 357 g/mol. The molecule has 1 aliphatic rings. The smallest absolute Gasteiger partial charge is 0.376 e. The van der Waals surface area contributed by atoms with Gasteiger partial charge in [0.1, 0.15) is 0 Å². The number of piperidine rings is 1. The number of amides is 1. The number of benzene rings is 1. The number of rotatable bonds is 5. The van der Waals surface area contributed by atoms with Crippen molar-refractivity contribution in [3.05, 3.63) is 23.8 Å². The van der Waals surface area contributed by atoms with E-state index in [1.165, 1.54) is 6.07 Å². The summed E-state index contributed by atoms with van der Waals surface area (Å²) in [5.74, 6) is 0.436. The summed E-state index contributed by atoms with van der Waals surface area (Å²) in [7, 11) is 3.46. The van der Waals surface area contributed by atoms with E-state index in [0.717, 1.165) is 38.1 Å². The summed E-state index contributed by atoms with van der Waals surface area (Å²) >= 11 is 0. The van der Waals surface area contributed by atoms with E-state index in [4.69, 9.17) is 0 Å². The molecule has 2 rings (SSSR count). The first-order valence-electron chi connectivity index (χ1n) is 8.57. The molecule has 1 aromatic rings. The summed E-state index contributed by atoms with van der Waals surface area (Å²) < 4.78 is 38.9. The maximum atomic E-state index is 13.0. The summed E-state index contributed by atoms with van der Waals surface area (Å²) in [6, 6.07) is 3.42. The van der Waals surface area contributed by atoms with Crippen molar-refractivity contribution >= 4 is 17.3 Å². The van der Waals surface area contributed by atoms with Crippen molar-refractivity contribution in [1.82, 2.24) is 5.32 Å². The van der Waals surface area contributed by atoms with Crippen LogP contribution in [0.25, 0.3) is 0 Å². The van der Waals surface area contributed by atoms with E-state index in [1.54, 1.807) is 19.0 Å². The molecule has 1 aromatic carbocycles. The van der Waals surface area contributed by atoms with E-state index >= 15 is 0 Å². The molecule has 4 nitrogen and oxygen atoms in total. The molecule has 1 fully saturated rings. The lowest BCUT2D eigenvalue weighted by atomic mass is 9.84. The Hall–Kier alpha value is -1.76. The van der Waals surface area contributed by atoms with Crippen LogP contribution in [0.1, 0.15) is 31.7 Å². The summed E-state index contributed by atoms with van der Waals surface area (Å²) in [5, 5.41) is 5.97. The lowest BCUT2D eigenvalue weighted by Crippen LogP contribution is -2.32. The number of carbonyl (C=O) groups excluding carboxylic acids is 1. The minimum Gasteiger partial charge on any atom is -0.376 e. The number of halogens is 3. The summed E-state index contributed by atoms with van der Waals surface area (Å²) in [6.45, 7) is 3.94. The molecule has 0 bridgehead atoms. The number of alkyl halides is 3. The first-order valence-corrected chi connectivity index (χ1v) is 8.57. The van der Waals surface area contributed by atoms with Crippen LogP contribution in [0.4, 0.5) is 24.5 Å². The molecule has 1 unspecified atom stereocenters. The third-order valence-electron chi connectivity index (χ3n) is 4.78. The summed E-state index contributed by atoms with van der Waals surface area (Å²) in [5.41, 5.74) is -0.0157. The van der Waals surface area contributed by atoms with Crippen LogP contribution in [0.2, 0.25) is 0 Å². The molecule has 0 saturated carbocycles. The maximum absolute atomic E-state index is 13.0. The number of hydrogen-bond donors (Lipinski definition) is 2. The molecule has 0 aliphatic carbocycles. The van der Waals surface area contributed by atoms with Gasteiger partial charge in [0.25, 0.3) is 0 Å². The van der Waals surface area contributed by atoms with E-state index in [1.807, 2.05) is 6.92 Å². The lowest BCUT2D eigenvalue weighted by molar-refractivity contribution is -0.137. The van der Waals surface area contributed by atoms with E-state index in [0.29, 0.717) is 18.0 Å². The largest absolute Gasteiger partial charge is 0.416 e. The Morgan fingerprint density at radius 3 is 2.52 bits per heavy atom. The van der Waals surface area contributed by atoms with Crippen LogP contribution in [0.5, 0.6) is 0 Å². The Balaban J connectivity index is 2.10. The van der Waals surface area contributed by atoms with Gasteiger partial charge in [-0.1, -0.05) is 6.92 Å². The zero-order valence-corrected chi connectivity index (χ0v) is 14.9. The number of anilines is 2. The van der Waals surface area contributed by atoms with Gasteiger partial charge in [-0.2, -0.15) is 13.2 Å². The SMILES string of the molecule is CC(CC(=O)Nc1cc(C(F)(F)F)ccc1N(C)C)C1CCNCC1. The fourth-order valence-corrected chi connectivity index (χ4v) is 3.28. The minimum atomic E-state index is -4.44. The Bertz CT molecular complexity index is 596. The Labute approximate surface area is 146 Å². The van der Waals surface area contributed by atoms with Gasteiger partial charge in [-0.05, 0) is 56.0 Å². The standard InChI is InChI=1S/C18H26F3N3O/c1-12(13-6-8-22-9-7-13)10-17(25)23-15-11-14(18(19,20)21)4-5-16(15)24(2)3/h4-5,11-13,22H,6-10H2,1-3H3,(H,23,25). The fourth-order valence-electron chi connectivity index (χ4n) is 3.28. The first-order chi connectivity index (χ1) is 11.7. The molecule has 25 heavy (non-hydrogen) atoms. The maximum Gasteiger partial charge on any atom is 0.416 e. The second-order valence-corrected chi connectivity index (χ2v) is 6.94. The normalized spacial score (nSPS) is 17.2. The van der Waals surface area contributed by atoms with E-state index in [-0.39, 0.29) is 17.5 Å². The number of nitrogens with one attached hydrogen (secondary N) is 2. The van der Waals surface area contributed by atoms with Crippen LogP contribution in [0.15, 0.2) is 18.2 Å². The van der Waals surface area contributed by atoms with Gasteiger partial charge < -0.3 is 15.5 Å². The van der Waals surface area contributed by atoms with Gasteiger partial charge in [-0.25, -0.2) is 0 Å². The van der Waals surface area contributed by atoms with E-state index in [9.17, 15) is 18.0 Å². The molecule has 0 aromatic heterocycles. The van der Waals surface area contributed by atoms with Gasteiger partial charge >= 0.3 is 6.18 Å². The highest BCUT2D eigenvalue weighted by Crippen LogP contribution is 2.35. The molecular weight excluding hydrogens is 331 g/mol. The van der Waals surface area contributed by atoms with Crippen LogP contribution >= 0.6 is 0 Å². The van der Waals surface area contributed by atoms with Gasteiger partial charge in [-0.3, -0.25) is 4.79 Å². The van der Waals surface area contributed by atoms with Gasteiger partial charge in [0.2, 0.25) is 5.91 Å². The number of carbonyl (C=O) groups is 1. The van der Waals surface area contributed by atoms with E-state index < -0.39 is 11.7 Å². The third-order valence-corrected chi connectivity index (χ3v) is 4.78. The molecule has 1 saturated heterocycles. The van der Waals surface area contributed by atoms with Crippen molar-refractivity contribution in [1.29, 1.82) is 0 Å². The van der Waals surface area contributed by atoms with Crippen LogP contribution in [0.3, 0.4) is 0 Å². The summed E-state index contributed by atoms with van der Waals surface area (Å²) in [6.07, 6.45) is -2.07. The molecule has 2 N–H and O–H groups in total. The van der Waals surface area contributed by atoms with Gasteiger partial charge in [0, 0.05) is 20.5 Å². The van der Waals surface area contributed by atoms with E-state index in [2.05, 4.69) is 10.6 Å². The van der Waals surface area contributed by atoms with Gasteiger partial charge in [0.15, 0.2) is 0 Å². The van der Waals surface area contributed by atoms with Crippen molar-refractivity contribution in [3.63, 3.8) is 0 Å². The molecule has 140 valence electrons. The van der Waals surface area contributed by atoms with Gasteiger partial charge in [0.05, 0.1) is 16.9 Å². The highest BCUT2D eigenvalue weighted by atomic mass is 19.4. The second-order valence-electron chi connectivity index (χ2n) is 6.94. The molecule has 1 atom stereocenters. The zero-order chi connectivity index (χ0) is 18.6. The second kappa shape index (κ2) is 8.08. The molecule has 0 radical (unpaired) electrons. The third kappa shape index (κ3) is 5.36. The van der Waals surface area contributed by atoms with Crippen LogP contribution in [-0.2, 0) is 11.0 Å². The minimum absolute atomic E-state index is 0.197.